The normalized spacial score (nSPS) is 18.6. The molecule has 1 unspecified atom stereocenters. The maximum Gasteiger partial charge on any atom is 0.335 e. The second-order valence-corrected chi connectivity index (χ2v) is 7.10. The number of carbonyl (C=O) groups excluding carboxylic acids is 1. The van der Waals surface area contributed by atoms with Gasteiger partial charge in [0.05, 0.1) is 23.9 Å². The number of allylic oxidation sites excluding steroid dienone is 1. The van der Waals surface area contributed by atoms with E-state index in [2.05, 4.69) is 0 Å². The molecule has 0 saturated heterocycles. The highest BCUT2D eigenvalue weighted by Gasteiger charge is 2.38. The highest BCUT2D eigenvalue weighted by atomic mass is 35.5. The van der Waals surface area contributed by atoms with Crippen molar-refractivity contribution in [3.63, 3.8) is 0 Å². The molecule has 0 radical (unpaired) electrons. The van der Waals surface area contributed by atoms with Gasteiger partial charge in [-0.25, -0.2) is 4.79 Å². The maximum absolute atomic E-state index is 12.7. The Morgan fingerprint density at radius 2 is 2.04 bits per heavy atom. The van der Waals surface area contributed by atoms with E-state index in [0.29, 0.717) is 16.3 Å². The molecule has 0 fully saturated rings. The molecule has 1 heterocycles. The van der Waals surface area contributed by atoms with Crippen LogP contribution in [0, 0.1) is 0 Å². The number of Topliss-reactive ketones (excluding diaryl/α,β-unsaturated/α-hetero) is 1. The molecular formula is C17H12ClNO4S. The van der Waals surface area contributed by atoms with E-state index in [9.17, 15) is 14.1 Å². The average molecular weight is 362 g/mol. The van der Waals surface area contributed by atoms with Crippen molar-refractivity contribution >= 4 is 46.5 Å². The van der Waals surface area contributed by atoms with E-state index >= 15 is 0 Å². The number of hydrogen-bond donors (Lipinski definition) is 1. The Balaban J connectivity index is 2.12. The van der Waals surface area contributed by atoms with Crippen LogP contribution in [-0.2, 0) is 11.4 Å². The van der Waals surface area contributed by atoms with E-state index in [-0.39, 0.29) is 16.0 Å². The van der Waals surface area contributed by atoms with Crippen LogP contribution < -0.4 is 4.31 Å². The Bertz CT molecular complexity index is 881. The van der Waals surface area contributed by atoms with Crippen LogP contribution in [0.3, 0.4) is 0 Å². The van der Waals surface area contributed by atoms with Gasteiger partial charge in [0.25, 0.3) is 0 Å². The Kier molecular flexibility index (Phi) is 4.36. The summed E-state index contributed by atoms with van der Waals surface area (Å²) in [4.78, 5) is 23.9. The number of rotatable bonds is 2. The molecule has 3 rings (SSSR count). The smallest absolute Gasteiger partial charge is 0.335 e. The van der Waals surface area contributed by atoms with Gasteiger partial charge in [-0.15, -0.1) is 0 Å². The molecule has 1 aliphatic rings. The fourth-order valence-corrected chi connectivity index (χ4v) is 3.78. The van der Waals surface area contributed by atoms with Crippen molar-refractivity contribution in [1.82, 2.24) is 0 Å². The lowest BCUT2D eigenvalue weighted by molar-refractivity contribution is 0.0697. The van der Waals surface area contributed by atoms with E-state index in [4.69, 9.17) is 16.7 Å². The number of aromatic carboxylic acids is 1. The average Bonchev–Trinajstić information content (AvgIpc) is 2.56. The van der Waals surface area contributed by atoms with Gasteiger partial charge in [-0.2, -0.15) is 4.31 Å². The van der Waals surface area contributed by atoms with Crippen LogP contribution in [0.25, 0.3) is 6.08 Å². The Hall–Kier alpha value is -2.28. The lowest BCUT2D eigenvalue weighted by Gasteiger charge is -2.29. The van der Waals surface area contributed by atoms with Gasteiger partial charge in [-0.3, -0.25) is 4.79 Å². The van der Waals surface area contributed by atoms with Crippen molar-refractivity contribution in [2.45, 2.75) is 0 Å². The number of carboxylic acids is 1. The zero-order valence-electron chi connectivity index (χ0n) is 12.5. The van der Waals surface area contributed by atoms with Crippen LogP contribution in [0.2, 0.25) is 5.02 Å². The first kappa shape index (κ1) is 16.6. The Labute approximate surface area is 146 Å². The first-order valence-electron chi connectivity index (χ1n) is 6.93. The van der Waals surface area contributed by atoms with Crippen LogP contribution in [0.5, 0.6) is 0 Å². The summed E-state index contributed by atoms with van der Waals surface area (Å²) in [5, 5.41) is 9.61. The maximum atomic E-state index is 12.7. The number of ketones is 1. The molecular weight excluding hydrogens is 350 g/mol. The zero-order chi connectivity index (χ0) is 17.4. The van der Waals surface area contributed by atoms with Crippen molar-refractivity contribution in [3.05, 3.63) is 69.1 Å². The largest absolute Gasteiger partial charge is 0.588 e. The molecule has 2 aromatic carbocycles. The highest BCUT2D eigenvalue weighted by Crippen LogP contribution is 2.35. The van der Waals surface area contributed by atoms with Crippen molar-refractivity contribution in [3.8, 4) is 0 Å². The van der Waals surface area contributed by atoms with E-state index in [1.165, 1.54) is 28.6 Å². The first-order chi connectivity index (χ1) is 11.4. The van der Waals surface area contributed by atoms with Crippen molar-refractivity contribution in [2.75, 3.05) is 11.4 Å². The summed E-state index contributed by atoms with van der Waals surface area (Å²) in [6.45, 7) is 0. The molecule has 24 heavy (non-hydrogen) atoms. The minimum Gasteiger partial charge on any atom is -0.588 e. The molecule has 0 saturated carbocycles. The molecule has 0 aromatic heterocycles. The van der Waals surface area contributed by atoms with E-state index in [0.717, 1.165) is 0 Å². The van der Waals surface area contributed by atoms with Gasteiger partial charge >= 0.3 is 5.97 Å². The third-order valence-corrected chi connectivity index (χ3v) is 5.24. The van der Waals surface area contributed by atoms with Gasteiger partial charge in [-0.1, -0.05) is 23.7 Å². The predicted octanol–water partition coefficient (Wildman–Crippen LogP) is 3.38. The van der Waals surface area contributed by atoms with E-state index in [1.54, 1.807) is 31.3 Å². The Morgan fingerprint density at radius 3 is 2.71 bits per heavy atom. The molecule has 122 valence electrons. The summed E-state index contributed by atoms with van der Waals surface area (Å²) in [5.41, 5.74) is 1.30. The second-order valence-electron chi connectivity index (χ2n) is 5.18. The number of hydrogen-bond acceptors (Lipinski definition) is 4. The number of nitrogens with zero attached hydrogens (tertiary/aromatic N) is 1. The van der Waals surface area contributed by atoms with Crippen LogP contribution in [-0.4, -0.2) is 28.5 Å². The summed E-state index contributed by atoms with van der Waals surface area (Å²) in [6, 6.07) is 11.0. The second kappa shape index (κ2) is 6.32. The van der Waals surface area contributed by atoms with Crippen LogP contribution in [0.15, 0.2) is 47.4 Å². The van der Waals surface area contributed by atoms with Crippen LogP contribution >= 0.6 is 11.6 Å². The third-order valence-electron chi connectivity index (χ3n) is 3.63. The quantitative estimate of drug-likeness (QED) is 0.655. The summed E-state index contributed by atoms with van der Waals surface area (Å²) < 4.78 is 14.0. The number of fused-ring (bicyclic) bond motifs is 1. The standard InChI is InChI=1S/C17H12ClNO4S/c1-19-14-6-5-11(17(21)22)9-13(14)16(20)15(24(19)23)8-10-3-2-4-12(18)7-10/h2-9H,1H3,(H,21,22)/b15-8-. The summed E-state index contributed by atoms with van der Waals surface area (Å²) in [7, 11) is 1.59. The Morgan fingerprint density at radius 1 is 1.29 bits per heavy atom. The summed E-state index contributed by atoms with van der Waals surface area (Å²) >= 11 is 4.25. The summed E-state index contributed by atoms with van der Waals surface area (Å²) in [5.74, 6) is -1.58. The number of anilines is 1. The number of benzene rings is 2. The molecule has 1 aliphatic heterocycles. The van der Waals surface area contributed by atoms with Crippen LogP contribution in [0.1, 0.15) is 26.3 Å². The van der Waals surface area contributed by atoms with Gasteiger partial charge in [0, 0.05) is 11.1 Å². The van der Waals surface area contributed by atoms with Crippen LogP contribution in [0.4, 0.5) is 5.69 Å². The minimum atomic E-state index is -1.68. The molecule has 5 nitrogen and oxygen atoms in total. The van der Waals surface area contributed by atoms with E-state index in [1.807, 2.05) is 0 Å². The SMILES string of the molecule is CN1c2ccc(C(=O)O)cc2C(=O)/C(=C/c2cccc(Cl)c2)[S+]1[O-]. The van der Waals surface area contributed by atoms with Gasteiger partial charge in [-0.05, 0) is 35.9 Å². The molecule has 1 N–H and O–H groups in total. The fraction of sp³-hybridized carbons (Fsp3) is 0.0588. The fourth-order valence-electron chi connectivity index (χ4n) is 2.44. The van der Waals surface area contributed by atoms with Gasteiger partial charge < -0.3 is 9.66 Å². The number of halogens is 1. The predicted molar refractivity (Wildman–Crippen MR) is 93.7 cm³/mol. The number of carbonyl (C=O) groups is 2. The first-order valence-corrected chi connectivity index (χ1v) is 8.42. The molecule has 0 aliphatic carbocycles. The number of carboxylic acid groups (broad SMARTS) is 1. The third kappa shape index (κ3) is 2.91. The monoisotopic (exact) mass is 361 g/mol. The minimum absolute atomic E-state index is 0.00490. The van der Waals surface area contributed by atoms with Crippen molar-refractivity contribution in [1.29, 1.82) is 0 Å². The molecule has 0 spiro atoms. The van der Waals surface area contributed by atoms with Crippen molar-refractivity contribution in [2.24, 2.45) is 0 Å². The van der Waals surface area contributed by atoms with Gasteiger partial charge in [0.15, 0.2) is 0 Å². The van der Waals surface area contributed by atoms with Gasteiger partial charge in [0.2, 0.25) is 10.7 Å². The lowest BCUT2D eigenvalue weighted by Crippen LogP contribution is -2.36. The van der Waals surface area contributed by atoms with Crippen molar-refractivity contribution < 1.29 is 19.2 Å². The van der Waals surface area contributed by atoms with Gasteiger partial charge in [0.1, 0.15) is 11.4 Å². The molecule has 1 atom stereocenters. The lowest BCUT2D eigenvalue weighted by atomic mass is 10.0. The van der Waals surface area contributed by atoms with E-state index < -0.39 is 23.1 Å². The zero-order valence-corrected chi connectivity index (χ0v) is 14.1. The molecule has 0 bridgehead atoms. The summed E-state index contributed by atoms with van der Waals surface area (Å²) in [6.07, 6.45) is 1.51. The molecule has 2 aromatic rings. The topological polar surface area (TPSA) is 80.7 Å². The molecule has 0 amide bonds. The molecule has 7 heteroatoms. The highest BCUT2D eigenvalue weighted by molar-refractivity contribution is 7.97.